The van der Waals surface area contributed by atoms with E-state index < -0.39 is 9.84 Å². The highest BCUT2D eigenvalue weighted by Gasteiger charge is 2.28. The number of benzene rings is 1. The summed E-state index contributed by atoms with van der Waals surface area (Å²) in [4.78, 5) is 12.1. The maximum atomic E-state index is 12.2. The Morgan fingerprint density at radius 2 is 1.96 bits per heavy atom. The van der Waals surface area contributed by atoms with E-state index in [0.717, 1.165) is 36.9 Å². The molecule has 1 saturated carbocycles. The summed E-state index contributed by atoms with van der Waals surface area (Å²) in [6, 6.07) is 9.50. The van der Waals surface area contributed by atoms with E-state index >= 15 is 0 Å². The van der Waals surface area contributed by atoms with E-state index in [1.54, 1.807) is 10.9 Å². The second kappa shape index (κ2) is 7.82. The molecule has 1 N–H and O–H groups in total. The van der Waals surface area contributed by atoms with Crippen molar-refractivity contribution in [1.29, 1.82) is 0 Å². The van der Waals surface area contributed by atoms with Crippen LogP contribution in [-0.2, 0) is 21.2 Å². The molecule has 3 rings (SSSR count). The van der Waals surface area contributed by atoms with Gasteiger partial charge in [-0.05, 0) is 30.5 Å². The van der Waals surface area contributed by atoms with Crippen LogP contribution in [0.25, 0.3) is 5.69 Å². The molecule has 1 fully saturated rings. The summed E-state index contributed by atoms with van der Waals surface area (Å²) in [5.41, 5.74) is 1.82. The molecule has 0 atom stereocenters. The summed E-state index contributed by atoms with van der Waals surface area (Å²) < 4.78 is 26.2. The van der Waals surface area contributed by atoms with Gasteiger partial charge in [-0.1, -0.05) is 31.0 Å². The molecule has 7 heteroatoms. The van der Waals surface area contributed by atoms with Crippen molar-refractivity contribution in [2.75, 3.05) is 5.75 Å². The van der Waals surface area contributed by atoms with Crippen LogP contribution in [-0.4, -0.2) is 35.1 Å². The fourth-order valence-corrected chi connectivity index (χ4v) is 5.08. The summed E-state index contributed by atoms with van der Waals surface area (Å²) in [5.74, 6) is -0.304. The van der Waals surface area contributed by atoms with E-state index in [2.05, 4.69) is 10.4 Å². The van der Waals surface area contributed by atoms with Gasteiger partial charge in [-0.15, -0.1) is 0 Å². The molecule has 2 aromatic rings. The maximum absolute atomic E-state index is 12.2. The molecular formula is C18H23N3O3S. The summed E-state index contributed by atoms with van der Waals surface area (Å²) in [5, 5.41) is 6.78. The number of para-hydroxylation sites is 1. The van der Waals surface area contributed by atoms with Crippen molar-refractivity contribution in [3.05, 3.63) is 48.3 Å². The number of nitrogens with zero attached hydrogens (tertiary/aromatic N) is 2. The Hall–Kier alpha value is -2.15. The number of carbonyl (C=O) groups excluding carboxylic acids is 1. The highest BCUT2D eigenvalue weighted by molar-refractivity contribution is 7.92. The minimum atomic E-state index is -3.16. The Balaban J connectivity index is 1.55. The summed E-state index contributed by atoms with van der Waals surface area (Å²) in [6.07, 6.45) is 6.98. The number of amides is 1. The van der Waals surface area contributed by atoms with Crippen molar-refractivity contribution in [1.82, 2.24) is 15.1 Å². The standard InChI is InChI=1S/C18H23N3O3S/c22-18(10-13-25(23,24)16-7-2-3-8-16)19-14-15-6-1-4-9-17(15)21-12-5-11-20-21/h1,4-6,9,11-12,16H,2-3,7-8,10,13-14H2,(H,19,22). The second-order valence-electron chi connectivity index (χ2n) is 6.38. The lowest BCUT2D eigenvalue weighted by molar-refractivity contribution is -0.120. The molecule has 0 aliphatic heterocycles. The first-order valence-corrected chi connectivity index (χ1v) is 10.3. The van der Waals surface area contributed by atoms with Crippen LogP contribution in [0.2, 0.25) is 0 Å². The van der Waals surface area contributed by atoms with Crippen molar-refractivity contribution in [3.8, 4) is 5.69 Å². The van der Waals surface area contributed by atoms with Gasteiger partial charge in [0.25, 0.3) is 0 Å². The maximum Gasteiger partial charge on any atom is 0.221 e. The van der Waals surface area contributed by atoms with Gasteiger partial charge in [-0.25, -0.2) is 13.1 Å². The van der Waals surface area contributed by atoms with Crippen LogP contribution in [0.5, 0.6) is 0 Å². The van der Waals surface area contributed by atoms with E-state index in [1.165, 1.54) is 0 Å². The lowest BCUT2D eigenvalue weighted by atomic mass is 10.1. The Morgan fingerprint density at radius 3 is 2.68 bits per heavy atom. The number of hydrogen-bond donors (Lipinski definition) is 1. The van der Waals surface area contributed by atoms with E-state index in [0.29, 0.717) is 6.54 Å². The van der Waals surface area contributed by atoms with Crippen LogP contribution in [0.1, 0.15) is 37.7 Å². The van der Waals surface area contributed by atoms with Crippen molar-refractivity contribution >= 4 is 15.7 Å². The van der Waals surface area contributed by atoms with Crippen LogP contribution in [0, 0.1) is 0 Å². The van der Waals surface area contributed by atoms with Crippen LogP contribution >= 0.6 is 0 Å². The van der Waals surface area contributed by atoms with Gasteiger partial charge in [0.1, 0.15) is 0 Å². The molecule has 1 aromatic heterocycles. The molecule has 134 valence electrons. The largest absolute Gasteiger partial charge is 0.352 e. The lowest BCUT2D eigenvalue weighted by Crippen LogP contribution is -2.28. The Morgan fingerprint density at radius 1 is 1.20 bits per heavy atom. The minimum absolute atomic E-state index is 0.0166. The number of nitrogens with one attached hydrogen (secondary N) is 1. The number of aromatic nitrogens is 2. The normalized spacial score (nSPS) is 15.4. The molecule has 25 heavy (non-hydrogen) atoms. The van der Waals surface area contributed by atoms with Gasteiger partial charge in [0.2, 0.25) is 5.91 Å². The SMILES string of the molecule is O=C(CCS(=O)(=O)C1CCCC1)NCc1ccccc1-n1cccn1. The Kier molecular flexibility index (Phi) is 5.53. The smallest absolute Gasteiger partial charge is 0.221 e. The van der Waals surface area contributed by atoms with Crippen molar-refractivity contribution in [2.24, 2.45) is 0 Å². The van der Waals surface area contributed by atoms with Crippen molar-refractivity contribution in [2.45, 2.75) is 43.9 Å². The molecular weight excluding hydrogens is 338 g/mol. The molecule has 1 aliphatic carbocycles. The van der Waals surface area contributed by atoms with E-state index in [-0.39, 0.29) is 23.3 Å². The number of hydrogen-bond acceptors (Lipinski definition) is 4. The van der Waals surface area contributed by atoms with Crippen LogP contribution in [0.3, 0.4) is 0 Å². The minimum Gasteiger partial charge on any atom is -0.352 e. The molecule has 1 aromatic carbocycles. The number of sulfone groups is 1. The molecule has 0 bridgehead atoms. The van der Waals surface area contributed by atoms with Gasteiger partial charge in [-0.2, -0.15) is 5.10 Å². The van der Waals surface area contributed by atoms with Gasteiger partial charge >= 0.3 is 0 Å². The lowest BCUT2D eigenvalue weighted by Gasteiger charge is -2.12. The molecule has 0 saturated heterocycles. The van der Waals surface area contributed by atoms with Gasteiger partial charge < -0.3 is 5.32 Å². The third-order valence-corrected chi connectivity index (χ3v) is 6.90. The number of rotatable bonds is 7. The highest BCUT2D eigenvalue weighted by Crippen LogP contribution is 2.25. The summed E-state index contributed by atoms with van der Waals surface area (Å²) >= 11 is 0. The zero-order chi connectivity index (χ0) is 17.7. The summed E-state index contributed by atoms with van der Waals surface area (Å²) in [6.45, 7) is 0.346. The van der Waals surface area contributed by atoms with E-state index in [1.807, 2.05) is 36.5 Å². The monoisotopic (exact) mass is 361 g/mol. The van der Waals surface area contributed by atoms with Crippen molar-refractivity contribution in [3.63, 3.8) is 0 Å². The predicted octanol–water partition coefficient (Wildman–Crippen LogP) is 2.24. The zero-order valence-corrected chi connectivity index (χ0v) is 14.9. The van der Waals surface area contributed by atoms with E-state index in [9.17, 15) is 13.2 Å². The van der Waals surface area contributed by atoms with Crippen LogP contribution < -0.4 is 5.32 Å². The van der Waals surface area contributed by atoms with Gasteiger partial charge in [0, 0.05) is 25.4 Å². The molecule has 0 radical (unpaired) electrons. The second-order valence-corrected chi connectivity index (χ2v) is 8.78. The molecule has 6 nitrogen and oxygen atoms in total. The van der Waals surface area contributed by atoms with Gasteiger partial charge in [0.15, 0.2) is 9.84 Å². The van der Waals surface area contributed by atoms with Crippen LogP contribution in [0.15, 0.2) is 42.7 Å². The van der Waals surface area contributed by atoms with Gasteiger partial charge in [-0.3, -0.25) is 4.79 Å². The van der Waals surface area contributed by atoms with Crippen LogP contribution in [0.4, 0.5) is 0 Å². The Labute approximate surface area is 148 Å². The topological polar surface area (TPSA) is 81.1 Å². The Bertz CT molecular complexity index is 810. The molecule has 0 unspecified atom stereocenters. The quantitative estimate of drug-likeness (QED) is 0.820. The molecule has 1 amide bonds. The molecule has 1 heterocycles. The fourth-order valence-electron chi connectivity index (χ4n) is 3.23. The summed E-state index contributed by atoms with van der Waals surface area (Å²) in [7, 11) is -3.16. The van der Waals surface area contributed by atoms with Gasteiger partial charge in [0.05, 0.1) is 16.7 Å². The third-order valence-electron chi connectivity index (χ3n) is 4.64. The predicted molar refractivity (Wildman–Crippen MR) is 96.1 cm³/mol. The molecule has 1 aliphatic rings. The van der Waals surface area contributed by atoms with Crippen molar-refractivity contribution < 1.29 is 13.2 Å². The molecule has 0 spiro atoms. The number of carbonyl (C=O) groups is 1. The average molecular weight is 361 g/mol. The first kappa shape index (κ1) is 17.7. The first-order chi connectivity index (χ1) is 12.1. The average Bonchev–Trinajstić information content (AvgIpc) is 3.32. The third kappa shape index (κ3) is 4.48. The first-order valence-electron chi connectivity index (χ1n) is 8.62. The zero-order valence-electron chi connectivity index (χ0n) is 14.1. The fraction of sp³-hybridized carbons (Fsp3) is 0.444. The van der Waals surface area contributed by atoms with E-state index in [4.69, 9.17) is 0 Å². The highest BCUT2D eigenvalue weighted by atomic mass is 32.2.